The van der Waals surface area contributed by atoms with Crippen molar-refractivity contribution in [2.45, 2.75) is 75.5 Å². The molecule has 2 saturated carbocycles. The molecule has 3 heteroatoms. The molecule has 0 aromatic carbocycles. The monoisotopic (exact) mass is 229 g/mol. The van der Waals surface area contributed by atoms with Crippen molar-refractivity contribution in [2.24, 2.45) is 0 Å². The molecule has 15 heavy (non-hydrogen) atoms. The molecule has 0 unspecified atom stereocenters. The second-order valence-electron chi connectivity index (χ2n) is 5.23. The van der Waals surface area contributed by atoms with Crippen molar-refractivity contribution in [2.75, 3.05) is 0 Å². The third-order valence-corrected chi connectivity index (χ3v) is 7.24. The van der Waals surface area contributed by atoms with E-state index in [1.165, 1.54) is 12.8 Å². The molecule has 2 rings (SSSR count). The molecule has 2 aliphatic carbocycles. The molecule has 0 bridgehead atoms. The SMILES string of the molecule is [O]P(=O)(C1CCCCC1)C1CCCCC1. The Kier molecular flexibility index (Phi) is 3.90. The predicted octanol–water partition coefficient (Wildman–Crippen LogP) is 4.36. The lowest BCUT2D eigenvalue weighted by molar-refractivity contribution is 0.344. The van der Waals surface area contributed by atoms with Crippen molar-refractivity contribution in [1.29, 1.82) is 0 Å². The van der Waals surface area contributed by atoms with Crippen molar-refractivity contribution < 1.29 is 9.46 Å². The number of hydrogen-bond donors (Lipinski definition) is 0. The molecule has 2 fully saturated rings. The van der Waals surface area contributed by atoms with Crippen LogP contribution < -0.4 is 0 Å². The van der Waals surface area contributed by atoms with Gasteiger partial charge in [-0.15, -0.1) is 0 Å². The fraction of sp³-hybridized carbons (Fsp3) is 1.00. The first kappa shape index (κ1) is 11.7. The van der Waals surface area contributed by atoms with E-state index in [1.807, 2.05) is 0 Å². The molecule has 0 aromatic heterocycles. The van der Waals surface area contributed by atoms with Crippen LogP contribution in [0.25, 0.3) is 0 Å². The molecule has 0 heterocycles. The molecule has 1 radical (unpaired) electrons. The molecule has 0 spiro atoms. The van der Waals surface area contributed by atoms with Crippen LogP contribution in [0, 0.1) is 0 Å². The summed E-state index contributed by atoms with van der Waals surface area (Å²) in [4.78, 5) is 12.4. The van der Waals surface area contributed by atoms with E-state index >= 15 is 0 Å². The van der Waals surface area contributed by atoms with Gasteiger partial charge in [0.1, 0.15) is 0 Å². The zero-order chi connectivity index (χ0) is 10.7. The van der Waals surface area contributed by atoms with E-state index in [9.17, 15) is 9.46 Å². The average molecular weight is 229 g/mol. The Morgan fingerprint density at radius 2 is 1.00 bits per heavy atom. The maximum Gasteiger partial charge on any atom is 0.241 e. The molecule has 0 atom stereocenters. The first-order valence-corrected chi connectivity index (χ1v) is 8.28. The van der Waals surface area contributed by atoms with Gasteiger partial charge in [0.25, 0.3) is 0 Å². The van der Waals surface area contributed by atoms with Gasteiger partial charge in [-0.25, -0.2) is 0 Å². The van der Waals surface area contributed by atoms with Crippen LogP contribution in [0.4, 0.5) is 0 Å². The maximum atomic E-state index is 12.4. The molecule has 0 saturated heterocycles. The Labute approximate surface area is 92.9 Å². The van der Waals surface area contributed by atoms with E-state index in [0.29, 0.717) is 0 Å². The van der Waals surface area contributed by atoms with Crippen LogP contribution in [0.3, 0.4) is 0 Å². The molecular formula is C12H22O2P. The molecule has 2 aliphatic rings. The Balaban J connectivity index is 1.99. The highest BCUT2D eigenvalue weighted by molar-refractivity contribution is 7.59. The summed E-state index contributed by atoms with van der Waals surface area (Å²) in [5.41, 5.74) is 0.0729. The van der Waals surface area contributed by atoms with E-state index in [-0.39, 0.29) is 11.3 Å². The largest absolute Gasteiger partial charge is 0.289 e. The second kappa shape index (κ2) is 5.01. The third kappa shape index (κ3) is 2.65. The zero-order valence-electron chi connectivity index (χ0n) is 9.49. The smallest absolute Gasteiger partial charge is 0.241 e. The summed E-state index contributed by atoms with van der Waals surface area (Å²) in [6, 6.07) is 0. The fourth-order valence-corrected chi connectivity index (χ4v) is 5.95. The molecule has 0 aromatic rings. The Morgan fingerprint density at radius 3 is 1.33 bits per heavy atom. The number of hydrogen-bond acceptors (Lipinski definition) is 1. The van der Waals surface area contributed by atoms with Gasteiger partial charge in [0, 0.05) is 11.3 Å². The number of rotatable bonds is 2. The lowest BCUT2D eigenvalue weighted by Gasteiger charge is -2.32. The molecule has 0 amide bonds. The van der Waals surface area contributed by atoms with Gasteiger partial charge in [0.05, 0.1) is 0 Å². The Hall–Kier alpha value is 0.190. The standard InChI is InChI=1S/C12H22O2P/c13-15(14,11-7-3-1-4-8-11)12-9-5-2-6-10-12/h11-12H,1-10H2. The van der Waals surface area contributed by atoms with Gasteiger partial charge >= 0.3 is 0 Å². The van der Waals surface area contributed by atoms with Gasteiger partial charge in [-0.2, -0.15) is 4.89 Å². The summed E-state index contributed by atoms with van der Waals surface area (Å²) in [6.45, 7) is 0. The van der Waals surface area contributed by atoms with E-state index in [0.717, 1.165) is 51.4 Å². The van der Waals surface area contributed by atoms with Crippen molar-refractivity contribution in [3.63, 3.8) is 0 Å². The summed E-state index contributed by atoms with van der Waals surface area (Å²) in [5.74, 6) is 0. The molecule has 0 aliphatic heterocycles. The van der Waals surface area contributed by atoms with Crippen LogP contribution in [-0.2, 0) is 9.46 Å². The summed E-state index contributed by atoms with van der Waals surface area (Å²) < 4.78 is 12.4. The molecule has 0 N–H and O–H groups in total. The minimum absolute atomic E-state index is 0.0364. The Morgan fingerprint density at radius 1 is 0.667 bits per heavy atom. The van der Waals surface area contributed by atoms with E-state index in [1.54, 1.807) is 0 Å². The van der Waals surface area contributed by atoms with Gasteiger partial charge in [0.2, 0.25) is 7.37 Å². The normalized spacial score (nSPS) is 26.7. The van der Waals surface area contributed by atoms with E-state index in [4.69, 9.17) is 0 Å². The minimum Gasteiger partial charge on any atom is -0.289 e. The zero-order valence-corrected chi connectivity index (χ0v) is 10.4. The quantitative estimate of drug-likeness (QED) is 0.648. The van der Waals surface area contributed by atoms with Crippen molar-refractivity contribution >= 4 is 7.37 Å². The first-order chi connectivity index (χ1) is 7.21. The lowest BCUT2D eigenvalue weighted by Crippen LogP contribution is -2.22. The molecular weight excluding hydrogens is 207 g/mol. The van der Waals surface area contributed by atoms with Crippen LogP contribution in [0.2, 0.25) is 0 Å². The summed E-state index contributed by atoms with van der Waals surface area (Å²) in [5, 5.41) is 0. The van der Waals surface area contributed by atoms with Gasteiger partial charge < -0.3 is 0 Å². The molecule has 2 nitrogen and oxygen atoms in total. The highest BCUT2D eigenvalue weighted by atomic mass is 31.2. The third-order valence-electron chi connectivity index (χ3n) is 4.17. The van der Waals surface area contributed by atoms with Gasteiger partial charge in [-0.1, -0.05) is 38.5 Å². The summed E-state index contributed by atoms with van der Waals surface area (Å²) in [6.07, 6.45) is 10.8. The minimum atomic E-state index is -3.09. The Bertz CT molecular complexity index is 218. The van der Waals surface area contributed by atoms with Crippen molar-refractivity contribution in [1.82, 2.24) is 0 Å². The average Bonchev–Trinajstić information content (AvgIpc) is 2.31. The van der Waals surface area contributed by atoms with Crippen molar-refractivity contribution in [3.05, 3.63) is 0 Å². The van der Waals surface area contributed by atoms with Crippen LogP contribution >= 0.6 is 7.37 Å². The van der Waals surface area contributed by atoms with Gasteiger partial charge in [-0.05, 0) is 25.7 Å². The van der Waals surface area contributed by atoms with Crippen LogP contribution in [0.15, 0.2) is 0 Å². The second-order valence-corrected chi connectivity index (χ2v) is 7.98. The maximum absolute atomic E-state index is 12.4. The first-order valence-electron chi connectivity index (χ1n) is 6.51. The molecule has 87 valence electrons. The van der Waals surface area contributed by atoms with E-state index < -0.39 is 7.37 Å². The highest BCUT2D eigenvalue weighted by Crippen LogP contribution is 2.60. The lowest BCUT2D eigenvalue weighted by atomic mass is 10.00. The van der Waals surface area contributed by atoms with Crippen LogP contribution in [0.5, 0.6) is 0 Å². The van der Waals surface area contributed by atoms with Crippen molar-refractivity contribution in [3.8, 4) is 0 Å². The van der Waals surface area contributed by atoms with Crippen LogP contribution in [-0.4, -0.2) is 11.3 Å². The summed E-state index contributed by atoms with van der Waals surface area (Å²) >= 11 is 0. The van der Waals surface area contributed by atoms with Crippen LogP contribution in [0.1, 0.15) is 64.2 Å². The fourth-order valence-electron chi connectivity index (χ4n) is 3.18. The predicted molar refractivity (Wildman–Crippen MR) is 62.0 cm³/mol. The van der Waals surface area contributed by atoms with E-state index in [2.05, 4.69) is 0 Å². The van der Waals surface area contributed by atoms with Gasteiger partial charge in [-0.3, -0.25) is 4.57 Å². The summed E-state index contributed by atoms with van der Waals surface area (Å²) in [7, 11) is -3.09. The highest BCUT2D eigenvalue weighted by Gasteiger charge is 2.41. The topological polar surface area (TPSA) is 37.0 Å². The van der Waals surface area contributed by atoms with Gasteiger partial charge in [0.15, 0.2) is 0 Å².